The highest BCUT2D eigenvalue weighted by atomic mass is 16.5. The molecule has 3 aromatic carbocycles. The van der Waals surface area contributed by atoms with Gasteiger partial charge in [0.1, 0.15) is 17.2 Å². The van der Waals surface area contributed by atoms with Crippen LogP contribution in [-0.4, -0.2) is 31.6 Å². The van der Waals surface area contributed by atoms with Crippen LogP contribution in [0.1, 0.15) is 71.6 Å². The van der Waals surface area contributed by atoms with Gasteiger partial charge in [0.2, 0.25) is 5.91 Å². The van der Waals surface area contributed by atoms with Crippen molar-refractivity contribution in [2.45, 2.75) is 71.6 Å². The van der Waals surface area contributed by atoms with Gasteiger partial charge in [-0.2, -0.15) is 0 Å². The molecule has 2 N–H and O–H groups in total. The molecule has 0 aromatic heterocycles. The smallest absolute Gasteiger partial charge is 0.326 e. The summed E-state index contributed by atoms with van der Waals surface area (Å²) in [5, 5.41) is 5.99. The molecule has 0 aliphatic heterocycles. The summed E-state index contributed by atoms with van der Waals surface area (Å²) < 4.78 is 11.4. The summed E-state index contributed by atoms with van der Waals surface area (Å²) in [6.45, 7) is 5.69. The minimum Gasteiger partial charge on any atom is -0.494 e. The zero-order chi connectivity index (χ0) is 29.1. The molecule has 0 unspecified atom stereocenters. The molecule has 3 amide bonds. The molecule has 0 atom stereocenters. The van der Waals surface area contributed by atoms with E-state index in [1.807, 2.05) is 85.8 Å². The Balaban J connectivity index is 1.54. The molecule has 3 rings (SSSR count). The lowest BCUT2D eigenvalue weighted by Crippen LogP contribution is -2.37. The highest BCUT2D eigenvalue weighted by Gasteiger charge is 2.16. The zero-order valence-corrected chi connectivity index (χ0v) is 24.6. The second kappa shape index (κ2) is 18.4. The highest BCUT2D eigenvalue weighted by molar-refractivity contribution is 6.01. The van der Waals surface area contributed by atoms with Gasteiger partial charge in [0, 0.05) is 30.9 Å². The molecule has 220 valence electrons. The van der Waals surface area contributed by atoms with E-state index in [2.05, 4.69) is 17.6 Å². The zero-order valence-electron chi connectivity index (χ0n) is 24.6. The lowest BCUT2D eigenvalue weighted by atomic mass is 10.1. The number of para-hydroxylation sites is 1. The summed E-state index contributed by atoms with van der Waals surface area (Å²) in [6.07, 6.45) is 9.48. The van der Waals surface area contributed by atoms with Crippen LogP contribution in [-0.2, 0) is 4.79 Å². The fourth-order valence-electron chi connectivity index (χ4n) is 4.45. The van der Waals surface area contributed by atoms with Crippen LogP contribution >= 0.6 is 0 Å². The molecule has 0 aliphatic rings. The number of anilines is 2. The number of amides is 3. The molecule has 3 aromatic rings. The Morgan fingerprint density at radius 2 is 1.34 bits per heavy atom. The van der Waals surface area contributed by atoms with E-state index in [1.165, 1.54) is 32.1 Å². The number of hydrogen-bond acceptors (Lipinski definition) is 4. The number of ether oxygens (including phenoxy) is 2. The summed E-state index contributed by atoms with van der Waals surface area (Å²) in [7, 11) is 0. The van der Waals surface area contributed by atoms with Crippen LogP contribution in [0.15, 0.2) is 78.9 Å². The maximum atomic E-state index is 13.4. The average Bonchev–Trinajstić information content (AvgIpc) is 2.99. The molecule has 0 bridgehead atoms. The van der Waals surface area contributed by atoms with Crippen LogP contribution in [0.5, 0.6) is 17.2 Å². The van der Waals surface area contributed by atoms with Gasteiger partial charge in [-0.05, 0) is 80.4 Å². The van der Waals surface area contributed by atoms with Crippen molar-refractivity contribution < 1.29 is 19.1 Å². The molecular weight excluding hydrogens is 514 g/mol. The van der Waals surface area contributed by atoms with E-state index < -0.39 is 0 Å². The summed E-state index contributed by atoms with van der Waals surface area (Å²) in [6, 6.07) is 24.1. The first kappa shape index (κ1) is 31.5. The second-order valence-corrected chi connectivity index (χ2v) is 10.0. The van der Waals surface area contributed by atoms with Crippen LogP contribution in [0.25, 0.3) is 0 Å². The van der Waals surface area contributed by atoms with Gasteiger partial charge < -0.3 is 20.1 Å². The third-order valence-corrected chi connectivity index (χ3v) is 6.68. The highest BCUT2D eigenvalue weighted by Crippen LogP contribution is 2.25. The lowest BCUT2D eigenvalue weighted by molar-refractivity contribution is -0.121. The first-order valence-corrected chi connectivity index (χ1v) is 15.0. The number of hydrogen-bond donors (Lipinski definition) is 2. The fraction of sp³-hybridized carbons (Fsp3) is 0.412. The van der Waals surface area contributed by atoms with Crippen LogP contribution in [0.2, 0.25) is 0 Å². The Morgan fingerprint density at radius 3 is 2.02 bits per heavy atom. The Labute approximate surface area is 245 Å². The van der Waals surface area contributed by atoms with Crippen molar-refractivity contribution in [3.8, 4) is 17.2 Å². The van der Waals surface area contributed by atoms with E-state index in [-0.39, 0.29) is 11.9 Å². The number of nitrogens with zero attached hydrogens (tertiary/aromatic N) is 1. The minimum atomic E-state index is -0.250. The van der Waals surface area contributed by atoms with Crippen LogP contribution in [0.4, 0.5) is 16.2 Å². The van der Waals surface area contributed by atoms with Gasteiger partial charge >= 0.3 is 6.03 Å². The van der Waals surface area contributed by atoms with Crippen molar-refractivity contribution in [1.29, 1.82) is 0 Å². The number of unbranched alkanes of at least 4 members (excludes halogenated alkanes) is 6. The predicted octanol–water partition coefficient (Wildman–Crippen LogP) is 8.56. The number of nitrogens with one attached hydrogen (secondary N) is 2. The number of rotatable bonds is 18. The molecular formula is C34H45N3O4. The van der Waals surface area contributed by atoms with Gasteiger partial charge in [0.25, 0.3) is 0 Å². The first-order chi connectivity index (χ1) is 20.1. The number of carbonyl (C=O) groups is 2. The average molecular weight is 560 g/mol. The van der Waals surface area contributed by atoms with Gasteiger partial charge in [-0.25, -0.2) is 4.79 Å². The van der Waals surface area contributed by atoms with E-state index in [0.29, 0.717) is 44.0 Å². The molecule has 0 saturated carbocycles. The van der Waals surface area contributed by atoms with Crippen molar-refractivity contribution in [3.05, 3.63) is 78.9 Å². The summed E-state index contributed by atoms with van der Waals surface area (Å²) >= 11 is 0. The third-order valence-electron chi connectivity index (χ3n) is 6.68. The summed E-state index contributed by atoms with van der Waals surface area (Å²) in [5.74, 6) is 2.26. The van der Waals surface area contributed by atoms with Crippen LogP contribution in [0.3, 0.4) is 0 Å². The van der Waals surface area contributed by atoms with Gasteiger partial charge in [0.15, 0.2) is 0 Å². The Bertz CT molecular complexity index is 1150. The normalized spacial score (nSPS) is 10.6. The van der Waals surface area contributed by atoms with Crippen LogP contribution < -0.4 is 25.0 Å². The molecule has 0 saturated heterocycles. The Kier molecular flexibility index (Phi) is 14.1. The van der Waals surface area contributed by atoms with E-state index in [4.69, 9.17) is 9.47 Å². The van der Waals surface area contributed by atoms with Gasteiger partial charge in [-0.15, -0.1) is 0 Å². The molecule has 7 heteroatoms. The van der Waals surface area contributed by atoms with Crippen LogP contribution in [0, 0.1) is 0 Å². The number of carbonyl (C=O) groups excluding carboxylic acids is 2. The molecule has 0 radical (unpaired) electrons. The number of urea groups is 1. The molecule has 41 heavy (non-hydrogen) atoms. The van der Waals surface area contributed by atoms with Crippen molar-refractivity contribution in [2.75, 3.05) is 29.9 Å². The van der Waals surface area contributed by atoms with Crippen molar-refractivity contribution in [1.82, 2.24) is 5.32 Å². The summed E-state index contributed by atoms with van der Waals surface area (Å²) in [4.78, 5) is 27.3. The maximum absolute atomic E-state index is 13.4. The maximum Gasteiger partial charge on any atom is 0.326 e. The van der Waals surface area contributed by atoms with Gasteiger partial charge in [-0.1, -0.05) is 63.6 Å². The SMILES string of the molecule is CCCCCCCCCC(=O)NCCCN(C(=O)Nc1ccc(OCC)cc1)c1ccc(Oc2ccccc2)cc1. The predicted molar refractivity (Wildman–Crippen MR) is 167 cm³/mol. The molecule has 0 fully saturated rings. The summed E-state index contributed by atoms with van der Waals surface area (Å²) in [5.41, 5.74) is 1.42. The topological polar surface area (TPSA) is 79.9 Å². The Hall–Kier alpha value is -4.00. The molecule has 0 spiro atoms. The lowest BCUT2D eigenvalue weighted by Gasteiger charge is -2.24. The first-order valence-electron chi connectivity index (χ1n) is 15.0. The van der Waals surface area contributed by atoms with E-state index in [1.54, 1.807) is 4.90 Å². The fourth-order valence-corrected chi connectivity index (χ4v) is 4.45. The largest absolute Gasteiger partial charge is 0.494 e. The van der Waals surface area contributed by atoms with E-state index >= 15 is 0 Å². The van der Waals surface area contributed by atoms with Gasteiger partial charge in [-0.3, -0.25) is 9.69 Å². The van der Waals surface area contributed by atoms with Crippen molar-refractivity contribution in [3.63, 3.8) is 0 Å². The molecule has 0 aliphatic carbocycles. The van der Waals surface area contributed by atoms with E-state index in [0.717, 1.165) is 30.0 Å². The molecule has 0 heterocycles. The quantitative estimate of drug-likeness (QED) is 0.153. The van der Waals surface area contributed by atoms with Gasteiger partial charge in [0.05, 0.1) is 6.61 Å². The monoisotopic (exact) mass is 559 g/mol. The minimum absolute atomic E-state index is 0.0753. The number of benzene rings is 3. The standard InChI is InChI=1S/C34H45N3O4/c1-3-5-6-7-8-9-13-17-33(38)35-26-14-27-37(34(39)36-28-18-22-30(23-19-28)40-4-2)29-20-24-32(25-21-29)41-31-15-11-10-12-16-31/h10-12,15-16,18-25H,3-9,13-14,17,26-27H2,1-2H3,(H,35,38)(H,36,39). The third kappa shape index (κ3) is 12.0. The molecule has 7 nitrogen and oxygen atoms in total. The van der Waals surface area contributed by atoms with E-state index in [9.17, 15) is 9.59 Å². The second-order valence-electron chi connectivity index (χ2n) is 10.0. The Morgan fingerprint density at radius 1 is 0.707 bits per heavy atom. The van der Waals surface area contributed by atoms with Crippen molar-refractivity contribution in [2.24, 2.45) is 0 Å². The van der Waals surface area contributed by atoms with Crippen molar-refractivity contribution >= 4 is 23.3 Å².